The summed E-state index contributed by atoms with van der Waals surface area (Å²) < 4.78 is 1.90. The summed E-state index contributed by atoms with van der Waals surface area (Å²) in [6, 6.07) is 2.11. The lowest BCUT2D eigenvalue weighted by atomic mass is 10.1. The zero-order valence-corrected chi connectivity index (χ0v) is 13.0. The maximum absolute atomic E-state index is 4.50. The minimum Gasteiger partial charge on any atom is -0.375 e. The van der Waals surface area contributed by atoms with Crippen molar-refractivity contribution in [3.63, 3.8) is 0 Å². The highest BCUT2D eigenvalue weighted by atomic mass is 15.3. The first-order valence-electron chi connectivity index (χ1n) is 7.07. The van der Waals surface area contributed by atoms with E-state index >= 15 is 0 Å². The van der Waals surface area contributed by atoms with E-state index in [1.54, 1.807) is 0 Å². The minimum absolute atomic E-state index is 0.126. The van der Waals surface area contributed by atoms with E-state index in [1.165, 1.54) is 0 Å². The molecule has 6 nitrogen and oxygen atoms in total. The monoisotopic (exact) mass is 284 g/mol. The number of fused-ring (bicyclic) bond motifs is 1. The van der Waals surface area contributed by atoms with E-state index in [-0.39, 0.29) is 6.04 Å². The quantitative estimate of drug-likeness (QED) is 0.776. The number of aromatic amines is 1. The number of hydrogen-bond acceptors (Lipinski definition) is 4. The van der Waals surface area contributed by atoms with Gasteiger partial charge in [0.25, 0.3) is 0 Å². The van der Waals surface area contributed by atoms with E-state index in [0.717, 1.165) is 39.7 Å². The third-order valence-electron chi connectivity index (χ3n) is 3.84. The number of aryl methyl sites for hydroxylation is 4. The second-order valence-corrected chi connectivity index (χ2v) is 5.53. The lowest BCUT2D eigenvalue weighted by Gasteiger charge is -2.18. The molecule has 6 heteroatoms. The molecule has 3 aromatic heterocycles. The zero-order valence-electron chi connectivity index (χ0n) is 13.0. The van der Waals surface area contributed by atoms with Crippen LogP contribution < -0.4 is 5.32 Å². The Kier molecular flexibility index (Phi) is 3.16. The van der Waals surface area contributed by atoms with Crippen molar-refractivity contribution < 1.29 is 0 Å². The average Bonchev–Trinajstić information content (AvgIpc) is 2.96. The maximum atomic E-state index is 4.50. The highest BCUT2D eigenvalue weighted by molar-refractivity contribution is 5.53. The van der Waals surface area contributed by atoms with Gasteiger partial charge in [0.15, 0.2) is 5.65 Å². The fraction of sp³-hybridized carbons (Fsp3) is 0.400. The van der Waals surface area contributed by atoms with Gasteiger partial charge in [-0.05, 0) is 34.6 Å². The van der Waals surface area contributed by atoms with Crippen LogP contribution in [0.3, 0.4) is 0 Å². The standard InChI is InChI=1S/C15H20N6/c1-8-6-14-16-7-13(12(5)21(14)20-8)9(2)17-15-10(3)18-19-11(15)4/h6-7,9,17H,1-5H3,(H,18,19). The minimum atomic E-state index is 0.126. The summed E-state index contributed by atoms with van der Waals surface area (Å²) in [5.41, 5.74) is 7.17. The first kappa shape index (κ1) is 13.6. The van der Waals surface area contributed by atoms with Crippen molar-refractivity contribution in [1.82, 2.24) is 24.8 Å². The fourth-order valence-electron chi connectivity index (χ4n) is 2.66. The van der Waals surface area contributed by atoms with Crippen LogP contribution in [0.25, 0.3) is 5.65 Å². The van der Waals surface area contributed by atoms with Crippen molar-refractivity contribution in [2.24, 2.45) is 0 Å². The molecule has 1 unspecified atom stereocenters. The van der Waals surface area contributed by atoms with Crippen molar-refractivity contribution in [1.29, 1.82) is 0 Å². The molecule has 0 aromatic carbocycles. The summed E-state index contributed by atoms with van der Waals surface area (Å²) in [5.74, 6) is 0. The normalized spacial score (nSPS) is 12.8. The van der Waals surface area contributed by atoms with Gasteiger partial charge in [-0.2, -0.15) is 10.2 Å². The first-order chi connectivity index (χ1) is 9.97. The van der Waals surface area contributed by atoms with Crippen LogP contribution in [-0.4, -0.2) is 24.8 Å². The van der Waals surface area contributed by atoms with Crippen LogP contribution in [0, 0.1) is 27.7 Å². The van der Waals surface area contributed by atoms with Crippen molar-refractivity contribution >= 4 is 11.3 Å². The Morgan fingerprint density at radius 1 is 1.24 bits per heavy atom. The lowest BCUT2D eigenvalue weighted by molar-refractivity contribution is 0.796. The number of nitrogens with zero attached hydrogens (tertiary/aromatic N) is 4. The van der Waals surface area contributed by atoms with Gasteiger partial charge in [-0.1, -0.05) is 0 Å². The molecule has 21 heavy (non-hydrogen) atoms. The Hall–Kier alpha value is -2.37. The molecule has 0 saturated carbocycles. The summed E-state index contributed by atoms with van der Waals surface area (Å²) >= 11 is 0. The Labute approximate surface area is 123 Å². The van der Waals surface area contributed by atoms with E-state index < -0.39 is 0 Å². The van der Waals surface area contributed by atoms with Crippen LogP contribution >= 0.6 is 0 Å². The Bertz CT molecular complexity index is 778. The molecule has 0 aliphatic rings. The fourth-order valence-corrected chi connectivity index (χ4v) is 2.66. The predicted molar refractivity (Wildman–Crippen MR) is 82.6 cm³/mol. The van der Waals surface area contributed by atoms with E-state index in [0.29, 0.717) is 0 Å². The highest BCUT2D eigenvalue weighted by Crippen LogP contribution is 2.25. The second-order valence-electron chi connectivity index (χ2n) is 5.53. The number of hydrogen-bond donors (Lipinski definition) is 2. The summed E-state index contributed by atoms with van der Waals surface area (Å²) in [4.78, 5) is 4.50. The van der Waals surface area contributed by atoms with Gasteiger partial charge >= 0.3 is 0 Å². The van der Waals surface area contributed by atoms with E-state index in [4.69, 9.17) is 0 Å². The molecule has 3 aromatic rings. The van der Waals surface area contributed by atoms with Gasteiger partial charge < -0.3 is 5.32 Å². The van der Waals surface area contributed by atoms with E-state index in [1.807, 2.05) is 37.5 Å². The lowest BCUT2D eigenvalue weighted by Crippen LogP contribution is -2.12. The van der Waals surface area contributed by atoms with Crippen LogP contribution in [0.5, 0.6) is 0 Å². The van der Waals surface area contributed by atoms with Crippen LogP contribution in [0.1, 0.15) is 41.3 Å². The van der Waals surface area contributed by atoms with Gasteiger partial charge in [-0.15, -0.1) is 0 Å². The molecule has 0 bridgehead atoms. The number of nitrogens with one attached hydrogen (secondary N) is 2. The number of rotatable bonds is 3. The summed E-state index contributed by atoms with van der Waals surface area (Å²) in [5, 5.41) is 15.2. The smallest absolute Gasteiger partial charge is 0.155 e. The summed E-state index contributed by atoms with van der Waals surface area (Å²) in [6.45, 7) is 10.2. The Balaban J connectivity index is 1.98. The molecule has 110 valence electrons. The van der Waals surface area contributed by atoms with Gasteiger partial charge in [-0.3, -0.25) is 5.10 Å². The first-order valence-corrected chi connectivity index (χ1v) is 7.07. The highest BCUT2D eigenvalue weighted by Gasteiger charge is 2.15. The van der Waals surface area contributed by atoms with Gasteiger partial charge in [0.1, 0.15) is 0 Å². The molecule has 3 heterocycles. The van der Waals surface area contributed by atoms with Crippen LogP contribution in [0.15, 0.2) is 12.3 Å². The number of H-pyrrole nitrogens is 1. The molecule has 3 rings (SSSR count). The van der Waals surface area contributed by atoms with E-state index in [2.05, 4.69) is 39.4 Å². The van der Waals surface area contributed by atoms with Gasteiger partial charge in [0.2, 0.25) is 0 Å². The van der Waals surface area contributed by atoms with Gasteiger partial charge in [0, 0.05) is 23.5 Å². The second kappa shape index (κ2) is 4.87. The summed E-state index contributed by atoms with van der Waals surface area (Å²) in [7, 11) is 0. The Morgan fingerprint density at radius 2 is 2.00 bits per heavy atom. The van der Waals surface area contributed by atoms with Crippen molar-refractivity contribution in [2.45, 2.75) is 40.7 Å². The van der Waals surface area contributed by atoms with Crippen molar-refractivity contribution in [2.75, 3.05) is 5.32 Å². The van der Waals surface area contributed by atoms with Crippen LogP contribution in [0.4, 0.5) is 5.69 Å². The maximum Gasteiger partial charge on any atom is 0.155 e. The summed E-state index contributed by atoms with van der Waals surface area (Å²) in [6.07, 6.45) is 1.92. The third-order valence-corrected chi connectivity index (χ3v) is 3.84. The molecule has 0 aliphatic carbocycles. The molecule has 0 aliphatic heterocycles. The molecule has 0 fully saturated rings. The van der Waals surface area contributed by atoms with Gasteiger partial charge in [-0.25, -0.2) is 9.50 Å². The van der Waals surface area contributed by atoms with E-state index in [9.17, 15) is 0 Å². The molecule has 1 atom stereocenters. The predicted octanol–water partition coefficient (Wildman–Crippen LogP) is 2.86. The average molecular weight is 284 g/mol. The van der Waals surface area contributed by atoms with Crippen LogP contribution in [0.2, 0.25) is 0 Å². The zero-order chi connectivity index (χ0) is 15.1. The van der Waals surface area contributed by atoms with Crippen LogP contribution in [-0.2, 0) is 0 Å². The van der Waals surface area contributed by atoms with Crippen molar-refractivity contribution in [3.05, 3.63) is 40.6 Å². The third kappa shape index (κ3) is 2.26. The molecule has 0 spiro atoms. The molecule has 2 N–H and O–H groups in total. The number of aromatic nitrogens is 5. The molecular weight excluding hydrogens is 264 g/mol. The Morgan fingerprint density at radius 3 is 2.67 bits per heavy atom. The molecule has 0 radical (unpaired) electrons. The molecule has 0 amide bonds. The SMILES string of the molecule is Cc1cc2ncc(C(C)Nc3c(C)n[nH]c3C)c(C)n2n1. The topological polar surface area (TPSA) is 70.9 Å². The molecular formula is C15H20N6. The molecule has 0 saturated heterocycles. The largest absolute Gasteiger partial charge is 0.375 e. The van der Waals surface area contributed by atoms with Gasteiger partial charge in [0.05, 0.1) is 28.8 Å². The number of anilines is 1. The van der Waals surface area contributed by atoms with Crippen molar-refractivity contribution in [3.8, 4) is 0 Å².